The van der Waals surface area contributed by atoms with Crippen LogP contribution in [0.15, 0.2) is 60.7 Å². The van der Waals surface area contributed by atoms with Gasteiger partial charge in [-0.1, -0.05) is 93.1 Å². The lowest BCUT2D eigenvalue weighted by molar-refractivity contribution is 0.310. The van der Waals surface area contributed by atoms with Gasteiger partial charge >= 0.3 is 0 Å². The molecule has 39 heavy (non-hydrogen) atoms. The summed E-state index contributed by atoms with van der Waals surface area (Å²) in [5, 5.41) is 0.121. The van der Waals surface area contributed by atoms with Crippen LogP contribution < -0.4 is 0 Å². The molecule has 0 aliphatic heterocycles. The van der Waals surface area contributed by atoms with Gasteiger partial charge in [0.25, 0.3) is 0 Å². The van der Waals surface area contributed by atoms with Crippen molar-refractivity contribution in [3.8, 4) is 0 Å². The van der Waals surface area contributed by atoms with Gasteiger partial charge in [-0.15, -0.1) is 0 Å². The minimum absolute atomic E-state index is 0.121. The highest BCUT2D eigenvalue weighted by Crippen LogP contribution is 2.37. The maximum absolute atomic E-state index is 14.8. The summed E-state index contributed by atoms with van der Waals surface area (Å²) in [6.07, 6.45) is 17.6. The van der Waals surface area contributed by atoms with E-state index in [9.17, 15) is 8.78 Å². The van der Waals surface area contributed by atoms with Crippen molar-refractivity contribution in [1.29, 1.82) is 0 Å². The first-order valence-electron chi connectivity index (χ1n) is 15.3. The van der Waals surface area contributed by atoms with Crippen LogP contribution in [0.2, 0.25) is 5.02 Å². The summed E-state index contributed by atoms with van der Waals surface area (Å²) in [4.78, 5) is 0. The molecule has 0 unspecified atom stereocenters. The molecule has 0 heterocycles. The Morgan fingerprint density at radius 3 is 2.00 bits per heavy atom. The van der Waals surface area contributed by atoms with Crippen LogP contribution in [-0.4, -0.2) is 0 Å². The van der Waals surface area contributed by atoms with Crippen LogP contribution in [0.25, 0.3) is 0 Å². The van der Waals surface area contributed by atoms with Crippen LogP contribution in [0.1, 0.15) is 111 Å². The second kappa shape index (κ2) is 15.6. The summed E-state index contributed by atoms with van der Waals surface area (Å²) in [7, 11) is 0. The zero-order chi connectivity index (χ0) is 27.5. The Morgan fingerprint density at radius 1 is 0.641 bits per heavy atom. The molecule has 0 saturated heterocycles. The fourth-order valence-corrected chi connectivity index (χ4v) is 6.26. The van der Waals surface area contributed by atoms with Crippen molar-refractivity contribution in [3.63, 3.8) is 0 Å². The molecule has 4 rings (SSSR count). The minimum Gasteiger partial charge on any atom is -0.207 e. The van der Waals surface area contributed by atoms with Gasteiger partial charge in [-0.25, -0.2) is 8.78 Å². The number of hydrogen-bond acceptors (Lipinski definition) is 0. The van der Waals surface area contributed by atoms with Crippen molar-refractivity contribution in [2.75, 3.05) is 0 Å². The highest BCUT2D eigenvalue weighted by atomic mass is 35.5. The SMILES string of the molecule is CCCCCCCCc1ccc(C2CCC(CCc3ccc(CCc4ccc(Cl)c(F)c4)c(F)c3)CC2)cc1. The second-order valence-electron chi connectivity index (χ2n) is 11.7. The molecule has 0 nitrogen and oxygen atoms in total. The van der Waals surface area contributed by atoms with Crippen LogP contribution in [-0.2, 0) is 25.7 Å². The molecular formula is C36H45ClF2. The van der Waals surface area contributed by atoms with E-state index in [1.165, 1.54) is 87.8 Å². The van der Waals surface area contributed by atoms with Crippen LogP contribution >= 0.6 is 11.6 Å². The summed E-state index contributed by atoms with van der Waals surface area (Å²) in [5.74, 6) is 0.854. The number of benzene rings is 3. The van der Waals surface area contributed by atoms with Gasteiger partial charge in [0.1, 0.15) is 11.6 Å². The topological polar surface area (TPSA) is 0 Å². The normalized spacial score (nSPS) is 17.4. The number of unbranched alkanes of at least 4 members (excludes halogenated alkanes) is 5. The average Bonchev–Trinajstić information content (AvgIpc) is 2.96. The Morgan fingerprint density at radius 2 is 1.28 bits per heavy atom. The van der Waals surface area contributed by atoms with Gasteiger partial charge in [-0.3, -0.25) is 0 Å². The first-order valence-corrected chi connectivity index (χ1v) is 15.7. The highest BCUT2D eigenvalue weighted by Gasteiger charge is 2.22. The van der Waals surface area contributed by atoms with Gasteiger partial charge in [0, 0.05) is 0 Å². The van der Waals surface area contributed by atoms with Gasteiger partial charge in [0.05, 0.1) is 5.02 Å². The predicted molar refractivity (Wildman–Crippen MR) is 162 cm³/mol. The molecule has 0 spiro atoms. The lowest BCUT2D eigenvalue weighted by Gasteiger charge is -2.29. The van der Waals surface area contributed by atoms with Crippen molar-refractivity contribution >= 4 is 11.6 Å². The van der Waals surface area contributed by atoms with E-state index in [0.717, 1.165) is 29.9 Å². The monoisotopic (exact) mass is 550 g/mol. The Labute approximate surface area is 240 Å². The van der Waals surface area contributed by atoms with E-state index in [4.69, 9.17) is 11.6 Å². The van der Waals surface area contributed by atoms with Crippen LogP contribution in [0.4, 0.5) is 8.78 Å². The first kappa shape index (κ1) is 29.8. The zero-order valence-electron chi connectivity index (χ0n) is 23.7. The fraction of sp³-hybridized carbons (Fsp3) is 0.500. The molecule has 3 aromatic carbocycles. The van der Waals surface area contributed by atoms with Crippen molar-refractivity contribution in [1.82, 2.24) is 0 Å². The van der Waals surface area contributed by atoms with E-state index in [2.05, 4.69) is 37.3 Å². The van der Waals surface area contributed by atoms with Gasteiger partial charge < -0.3 is 0 Å². The molecule has 0 radical (unpaired) electrons. The Bertz CT molecular complexity index is 1150. The maximum Gasteiger partial charge on any atom is 0.142 e. The van der Waals surface area contributed by atoms with Gasteiger partial charge in [-0.05, 0) is 122 Å². The highest BCUT2D eigenvalue weighted by molar-refractivity contribution is 6.30. The Hall–Kier alpha value is -2.19. The molecule has 0 N–H and O–H groups in total. The van der Waals surface area contributed by atoms with Crippen molar-refractivity contribution in [3.05, 3.63) is 105 Å². The zero-order valence-corrected chi connectivity index (χ0v) is 24.4. The smallest absolute Gasteiger partial charge is 0.142 e. The summed E-state index contributed by atoms with van der Waals surface area (Å²) in [6.45, 7) is 2.27. The third-order valence-corrected chi connectivity index (χ3v) is 9.05. The molecule has 3 aromatic rings. The van der Waals surface area contributed by atoms with E-state index in [1.807, 2.05) is 6.07 Å². The van der Waals surface area contributed by atoms with Gasteiger partial charge in [-0.2, -0.15) is 0 Å². The van der Waals surface area contributed by atoms with Gasteiger partial charge in [0.2, 0.25) is 0 Å². The molecule has 0 amide bonds. The lowest BCUT2D eigenvalue weighted by Crippen LogP contribution is -2.14. The van der Waals surface area contributed by atoms with E-state index in [-0.39, 0.29) is 10.8 Å². The molecule has 1 aliphatic rings. The van der Waals surface area contributed by atoms with Crippen molar-refractivity contribution < 1.29 is 8.78 Å². The summed E-state index contributed by atoms with van der Waals surface area (Å²) >= 11 is 5.76. The quantitative estimate of drug-likeness (QED) is 0.175. The predicted octanol–water partition coefficient (Wildman–Crippen LogP) is 11.2. The molecule has 0 atom stereocenters. The molecule has 1 saturated carbocycles. The molecule has 0 aromatic heterocycles. The van der Waals surface area contributed by atoms with Crippen LogP contribution in [0, 0.1) is 17.6 Å². The Kier molecular flexibility index (Phi) is 11.9. The van der Waals surface area contributed by atoms with E-state index >= 15 is 0 Å². The maximum atomic E-state index is 14.8. The number of hydrogen-bond donors (Lipinski definition) is 0. The lowest BCUT2D eigenvalue weighted by atomic mass is 9.76. The largest absolute Gasteiger partial charge is 0.207 e. The molecule has 0 bridgehead atoms. The van der Waals surface area contributed by atoms with E-state index in [1.54, 1.807) is 18.2 Å². The number of aryl methyl sites for hydroxylation is 4. The second-order valence-corrected chi connectivity index (χ2v) is 12.1. The van der Waals surface area contributed by atoms with E-state index in [0.29, 0.717) is 24.3 Å². The summed E-state index contributed by atoms with van der Waals surface area (Å²) in [5.41, 5.74) is 5.60. The number of halogens is 3. The first-order chi connectivity index (χ1) is 19.0. The minimum atomic E-state index is -0.421. The third-order valence-electron chi connectivity index (χ3n) is 8.74. The molecular weight excluding hydrogens is 506 g/mol. The summed E-state index contributed by atoms with van der Waals surface area (Å²) < 4.78 is 28.4. The molecule has 1 aliphatic carbocycles. The van der Waals surface area contributed by atoms with Crippen molar-refractivity contribution in [2.45, 2.75) is 109 Å². The molecule has 3 heteroatoms. The van der Waals surface area contributed by atoms with Gasteiger partial charge in [0.15, 0.2) is 0 Å². The van der Waals surface area contributed by atoms with Crippen molar-refractivity contribution in [2.24, 2.45) is 5.92 Å². The van der Waals surface area contributed by atoms with E-state index < -0.39 is 5.82 Å². The standard InChI is InChI=1S/C36H45ClF2/c1-2-3-4-5-6-7-8-27-11-18-31(19-12-27)32-20-13-28(14-21-32)9-10-29-15-22-33(35(38)25-29)23-16-30-17-24-34(37)36(39)26-30/h11-12,15,17-19,22,24-26,28,32H,2-10,13-14,16,20-21,23H2,1H3. The third kappa shape index (κ3) is 9.45. The summed E-state index contributed by atoms with van der Waals surface area (Å²) in [6, 6.07) is 20.0. The number of rotatable bonds is 14. The Balaban J connectivity index is 1.16. The molecule has 1 fully saturated rings. The fourth-order valence-electron chi connectivity index (χ4n) is 6.14. The average molecular weight is 551 g/mol. The van der Waals surface area contributed by atoms with Crippen LogP contribution in [0.3, 0.4) is 0 Å². The molecule has 210 valence electrons. The van der Waals surface area contributed by atoms with Crippen LogP contribution in [0.5, 0.6) is 0 Å².